The molecule has 0 aromatic heterocycles. The van der Waals surface area contributed by atoms with Crippen LogP contribution in [0.2, 0.25) is 0 Å². The highest BCUT2D eigenvalue weighted by atomic mass is 32.2. The number of hydrogen-bond donors (Lipinski definition) is 1. The van der Waals surface area contributed by atoms with Gasteiger partial charge in [0.05, 0.1) is 11.7 Å². The molecule has 0 saturated carbocycles. The molecule has 1 N–H and O–H groups in total. The number of benzene rings is 2. The maximum atomic E-state index is 12.8. The first-order valence-corrected chi connectivity index (χ1v) is 12.3. The van der Waals surface area contributed by atoms with Crippen LogP contribution in [0.4, 0.5) is 5.69 Å². The third-order valence-corrected chi connectivity index (χ3v) is 7.27. The zero-order chi connectivity index (χ0) is 22.1. The minimum absolute atomic E-state index is 0.0996. The molecule has 0 spiro atoms. The van der Waals surface area contributed by atoms with Crippen LogP contribution >= 0.6 is 0 Å². The van der Waals surface area contributed by atoms with Crippen LogP contribution < -0.4 is 10.1 Å². The lowest BCUT2D eigenvalue weighted by atomic mass is 9.99. The molecule has 1 saturated heterocycles. The lowest BCUT2D eigenvalue weighted by Gasteiger charge is -2.31. The van der Waals surface area contributed by atoms with Crippen molar-refractivity contribution >= 4 is 21.6 Å². The van der Waals surface area contributed by atoms with Crippen molar-refractivity contribution in [3.63, 3.8) is 0 Å². The Kier molecular flexibility index (Phi) is 8.26. The van der Waals surface area contributed by atoms with E-state index in [1.54, 1.807) is 30.3 Å². The number of amides is 1. The largest absolute Gasteiger partial charge is 0.490 e. The summed E-state index contributed by atoms with van der Waals surface area (Å²) < 4.78 is 32.5. The zero-order valence-corrected chi connectivity index (χ0v) is 18.5. The van der Waals surface area contributed by atoms with E-state index in [1.807, 2.05) is 30.3 Å². The van der Waals surface area contributed by atoms with Crippen LogP contribution in [0.25, 0.3) is 0 Å². The molecular formula is C24H30N2O4S. The van der Waals surface area contributed by atoms with Gasteiger partial charge < -0.3 is 10.1 Å². The second-order valence-electron chi connectivity index (χ2n) is 7.72. The molecular weight excluding hydrogens is 412 g/mol. The zero-order valence-electron chi connectivity index (χ0n) is 17.7. The second kappa shape index (κ2) is 11.1. The summed E-state index contributed by atoms with van der Waals surface area (Å²) in [7, 11) is -3.38. The molecule has 166 valence electrons. The average Bonchev–Trinajstić information content (AvgIpc) is 2.79. The number of aryl methyl sites for hydroxylation is 1. The van der Waals surface area contributed by atoms with E-state index >= 15 is 0 Å². The predicted octanol–water partition coefficient (Wildman–Crippen LogP) is 3.86. The highest BCUT2D eigenvalue weighted by molar-refractivity contribution is 7.89. The van der Waals surface area contributed by atoms with Crippen molar-refractivity contribution < 1.29 is 17.9 Å². The lowest BCUT2D eigenvalue weighted by molar-refractivity contribution is -0.120. The molecule has 0 unspecified atom stereocenters. The maximum absolute atomic E-state index is 12.8. The molecule has 0 aliphatic carbocycles. The number of sulfonamides is 1. The monoisotopic (exact) mass is 442 g/mol. The average molecular weight is 443 g/mol. The Morgan fingerprint density at radius 1 is 1.16 bits per heavy atom. The van der Waals surface area contributed by atoms with Crippen molar-refractivity contribution in [2.75, 3.05) is 30.8 Å². The lowest BCUT2D eigenvalue weighted by Crippen LogP contribution is -2.44. The third kappa shape index (κ3) is 6.94. The summed E-state index contributed by atoms with van der Waals surface area (Å²) in [6, 6.07) is 17.0. The first kappa shape index (κ1) is 23.0. The number of rotatable bonds is 10. The van der Waals surface area contributed by atoms with Gasteiger partial charge in [-0.25, -0.2) is 12.7 Å². The molecule has 1 fully saturated rings. The summed E-state index contributed by atoms with van der Waals surface area (Å²) in [5.41, 5.74) is 1.80. The SMILES string of the molecule is C=CCOc1ccc(NC(=O)[C@H]2CCCN(S(=O)(=O)CCCc3ccccc3)C2)cc1. The molecule has 1 aliphatic rings. The van der Waals surface area contributed by atoms with Gasteiger partial charge in [-0.05, 0) is 55.5 Å². The van der Waals surface area contributed by atoms with Crippen molar-refractivity contribution in [3.05, 3.63) is 72.8 Å². The maximum Gasteiger partial charge on any atom is 0.228 e. The standard InChI is InChI=1S/C24H30N2O4S/c1-2-17-30-23-14-12-22(13-15-23)25-24(27)21-11-6-16-26(19-21)31(28,29)18-7-10-20-8-4-3-5-9-20/h2-5,8-9,12-15,21H,1,6-7,10-11,16-19H2,(H,25,27)/t21-/m0/s1. The van der Waals surface area contributed by atoms with E-state index in [1.165, 1.54) is 4.31 Å². The van der Waals surface area contributed by atoms with Crippen molar-refractivity contribution in [2.45, 2.75) is 25.7 Å². The molecule has 7 heteroatoms. The van der Waals surface area contributed by atoms with Crippen molar-refractivity contribution in [3.8, 4) is 5.75 Å². The molecule has 0 bridgehead atoms. The van der Waals surface area contributed by atoms with Gasteiger partial charge in [0.1, 0.15) is 12.4 Å². The highest BCUT2D eigenvalue weighted by Gasteiger charge is 2.32. The van der Waals surface area contributed by atoms with Crippen LogP contribution in [0.3, 0.4) is 0 Å². The fourth-order valence-electron chi connectivity index (χ4n) is 3.68. The van der Waals surface area contributed by atoms with Gasteiger partial charge in [-0.2, -0.15) is 0 Å². The molecule has 1 aliphatic heterocycles. The summed E-state index contributed by atoms with van der Waals surface area (Å²) in [4.78, 5) is 12.7. The van der Waals surface area contributed by atoms with Crippen molar-refractivity contribution in [1.82, 2.24) is 4.31 Å². The van der Waals surface area contributed by atoms with Gasteiger partial charge in [-0.1, -0.05) is 43.0 Å². The molecule has 1 amide bonds. The smallest absolute Gasteiger partial charge is 0.228 e. The van der Waals surface area contributed by atoms with E-state index in [9.17, 15) is 13.2 Å². The second-order valence-corrected chi connectivity index (χ2v) is 9.80. The Morgan fingerprint density at radius 2 is 1.90 bits per heavy atom. The van der Waals surface area contributed by atoms with E-state index < -0.39 is 10.0 Å². The fourth-order valence-corrected chi connectivity index (χ4v) is 5.26. The highest BCUT2D eigenvalue weighted by Crippen LogP contribution is 2.23. The van der Waals surface area contributed by atoms with Crippen molar-refractivity contribution in [1.29, 1.82) is 0 Å². The van der Waals surface area contributed by atoms with E-state index in [-0.39, 0.29) is 24.1 Å². The number of carbonyl (C=O) groups is 1. The Morgan fingerprint density at radius 3 is 2.61 bits per heavy atom. The van der Waals surface area contributed by atoms with E-state index in [2.05, 4.69) is 11.9 Å². The summed E-state index contributed by atoms with van der Waals surface area (Å²) in [6.45, 7) is 4.74. The number of ether oxygens (including phenoxy) is 1. The number of carbonyl (C=O) groups excluding carboxylic acids is 1. The first-order valence-electron chi connectivity index (χ1n) is 10.6. The molecule has 2 aromatic carbocycles. The van der Waals surface area contributed by atoms with E-state index in [0.29, 0.717) is 43.9 Å². The van der Waals surface area contributed by atoms with Crippen LogP contribution in [-0.2, 0) is 21.2 Å². The van der Waals surface area contributed by atoms with Crippen molar-refractivity contribution in [2.24, 2.45) is 5.92 Å². The minimum atomic E-state index is -3.38. The summed E-state index contributed by atoms with van der Waals surface area (Å²) in [5.74, 6) is 0.296. The number of nitrogens with one attached hydrogen (secondary N) is 1. The van der Waals surface area contributed by atoms with Gasteiger partial charge in [-0.15, -0.1) is 0 Å². The topological polar surface area (TPSA) is 75.7 Å². The number of nitrogens with zero attached hydrogens (tertiary/aromatic N) is 1. The normalized spacial score (nSPS) is 17.1. The van der Waals surface area contributed by atoms with Gasteiger partial charge in [-0.3, -0.25) is 4.79 Å². The fraction of sp³-hybridized carbons (Fsp3) is 0.375. The van der Waals surface area contributed by atoms with Crippen LogP contribution in [0, 0.1) is 5.92 Å². The number of piperidine rings is 1. The quantitative estimate of drug-likeness (QED) is 0.567. The Hall–Kier alpha value is -2.64. The van der Waals surface area contributed by atoms with Crippen LogP contribution in [0.1, 0.15) is 24.8 Å². The van der Waals surface area contributed by atoms with Gasteiger partial charge in [0, 0.05) is 18.8 Å². The number of hydrogen-bond acceptors (Lipinski definition) is 4. The minimum Gasteiger partial charge on any atom is -0.490 e. The van der Waals surface area contributed by atoms with Crippen LogP contribution in [0.5, 0.6) is 5.75 Å². The number of anilines is 1. The Labute approximate surface area is 185 Å². The van der Waals surface area contributed by atoms with Gasteiger partial charge in [0.15, 0.2) is 0 Å². The van der Waals surface area contributed by atoms with Crippen LogP contribution in [-0.4, -0.2) is 44.1 Å². The molecule has 1 heterocycles. The summed E-state index contributed by atoms with van der Waals surface area (Å²) in [5, 5.41) is 2.90. The Balaban J connectivity index is 1.51. The molecule has 31 heavy (non-hydrogen) atoms. The van der Waals surface area contributed by atoms with Gasteiger partial charge in [0.2, 0.25) is 15.9 Å². The van der Waals surface area contributed by atoms with Crippen LogP contribution in [0.15, 0.2) is 67.3 Å². The van der Waals surface area contributed by atoms with E-state index in [4.69, 9.17) is 4.74 Å². The van der Waals surface area contributed by atoms with Gasteiger partial charge >= 0.3 is 0 Å². The first-order chi connectivity index (χ1) is 15.0. The predicted molar refractivity (Wildman–Crippen MR) is 124 cm³/mol. The molecule has 1 atom stereocenters. The molecule has 2 aromatic rings. The van der Waals surface area contributed by atoms with Gasteiger partial charge in [0.25, 0.3) is 0 Å². The molecule has 3 rings (SSSR count). The molecule has 6 nitrogen and oxygen atoms in total. The summed E-state index contributed by atoms with van der Waals surface area (Å²) >= 11 is 0. The Bertz CT molecular complexity index is 959. The molecule has 0 radical (unpaired) electrons. The third-order valence-electron chi connectivity index (χ3n) is 5.35. The van der Waals surface area contributed by atoms with E-state index in [0.717, 1.165) is 12.0 Å². The summed E-state index contributed by atoms with van der Waals surface area (Å²) in [6.07, 6.45) is 4.33.